The number of piperazine rings is 1. The van der Waals surface area contributed by atoms with E-state index in [0.717, 1.165) is 12.3 Å². The highest BCUT2D eigenvalue weighted by atomic mass is 35.5. The summed E-state index contributed by atoms with van der Waals surface area (Å²) >= 11 is 16.6. The molecule has 0 radical (unpaired) electrons. The summed E-state index contributed by atoms with van der Waals surface area (Å²) in [6.07, 6.45) is -3.49. The van der Waals surface area contributed by atoms with Gasteiger partial charge in [-0.3, -0.25) is 4.79 Å². The van der Waals surface area contributed by atoms with E-state index in [9.17, 15) is 18.0 Å². The molecule has 1 aliphatic rings. The van der Waals surface area contributed by atoms with Crippen molar-refractivity contribution in [2.45, 2.75) is 6.18 Å². The van der Waals surface area contributed by atoms with Gasteiger partial charge >= 0.3 is 6.18 Å². The van der Waals surface area contributed by atoms with E-state index in [-0.39, 0.29) is 41.7 Å². The summed E-state index contributed by atoms with van der Waals surface area (Å²) in [6.45, 7) is 0.986. The van der Waals surface area contributed by atoms with Gasteiger partial charge in [-0.25, -0.2) is 9.97 Å². The van der Waals surface area contributed by atoms with Crippen LogP contribution in [0.15, 0.2) is 21.8 Å². The van der Waals surface area contributed by atoms with E-state index in [0.29, 0.717) is 0 Å². The van der Waals surface area contributed by atoms with Gasteiger partial charge < -0.3 is 9.80 Å². The number of alkyl halides is 3. The Bertz CT molecular complexity index is 626. The fourth-order valence-electron chi connectivity index (χ4n) is 1.99. The Morgan fingerprint density at radius 1 is 1.13 bits per heavy atom. The van der Waals surface area contributed by atoms with Crippen molar-refractivity contribution in [1.82, 2.24) is 14.9 Å². The zero-order valence-corrected chi connectivity index (χ0v) is 13.7. The summed E-state index contributed by atoms with van der Waals surface area (Å²) < 4.78 is 37.7. The van der Waals surface area contributed by atoms with Crippen molar-refractivity contribution in [2.75, 3.05) is 31.1 Å². The van der Waals surface area contributed by atoms with Gasteiger partial charge in [0.25, 0.3) is 5.91 Å². The predicted octanol–water partition coefficient (Wildman–Crippen LogP) is 3.03. The van der Waals surface area contributed by atoms with Crippen molar-refractivity contribution in [3.63, 3.8) is 0 Å². The fraction of sp³-hybridized carbons (Fsp3) is 0.417. The predicted molar refractivity (Wildman–Crippen MR) is 80.4 cm³/mol. The molecule has 5 nitrogen and oxygen atoms in total. The molecule has 1 aromatic heterocycles. The van der Waals surface area contributed by atoms with Gasteiger partial charge in [0.15, 0.2) is 0 Å². The minimum Gasteiger partial charge on any atom is -0.337 e. The third-order valence-electron chi connectivity index (χ3n) is 3.14. The number of amides is 1. The summed E-state index contributed by atoms with van der Waals surface area (Å²) in [5.41, 5.74) is -1.01. The van der Waals surface area contributed by atoms with Crippen molar-refractivity contribution < 1.29 is 18.0 Å². The largest absolute Gasteiger partial charge is 0.433 e. The van der Waals surface area contributed by atoms with E-state index in [1.807, 2.05) is 0 Å². The summed E-state index contributed by atoms with van der Waals surface area (Å²) in [5.74, 6) is -0.569. The molecule has 11 heteroatoms. The molecular formula is C12H10Cl3F3N4O. The van der Waals surface area contributed by atoms with E-state index < -0.39 is 17.8 Å². The van der Waals surface area contributed by atoms with Gasteiger partial charge in [-0.15, -0.1) is 0 Å². The van der Waals surface area contributed by atoms with Crippen LogP contribution in [0.1, 0.15) is 5.69 Å². The third kappa shape index (κ3) is 4.39. The fourth-order valence-corrected chi connectivity index (χ4v) is 2.27. The van der Waals surface area contributed by atoms with Gasteiger partial charge in [-0.05, 0) is 6.07 Å². The number of carbonyl (C=O) groups is 1. The van der Waals surface area contributed by atoms with Gasteiger partial charge in [0.05, 0.1) is 0 Å². The number of carbonyl (C=O) groups excluding carboxylic acids is 1. The average molecular weight is 390 g/mol. The molecule has 2 rings (SSSR count). The summed E-state index contributed by atoms with van der Waals surface area (Å²) in [6, 6.07) is 0.802. The monoisotopic (exact) mass is 388 g/mol. The summed E-state index contributed by atoms with van der Waals surface area (Å²) in [7, 11) is 0. The quantitative estimate of drug-likeness (QED) is 0.730. The Balaban J connectivity index is 2.05. The van der Waals surface area contributed by atoms with Crippen LogP contribution in [0.5, 0.6) is 0 Å². The standard InChI is InChI=1S/C12H10Cl3F3N4O/c13-8(9(14)15)10(23)21-3-5-22(6-4-21)11-19-2-1-7(20-11)12(16,17)18/h1-2H,3-6H2. The topological polar surface area (TPSA) is 49.3 Å². The second kappa shape index (κ2) is 7.11. The number of halogens is 6. The van der Waals surface area contributed by atoms with Gasteiger partial charge in [0, 0.05) is 32.4 Å². The molecule has 0 spiro atoms. The molecule has 0 saturated carbocycles. The smallest absolute Gasteiger partial charge is 0.337 e. The molecular weight excluding hydrogens is 380 g/mol. The number of nitrogens with zero attached hydrogens (tertiary/aromatic N) is 4. The molecule has 0 bridgehead atoms. The van der Waals surface area contributed by atoms with Crippen molar-refractivity contribution in [3.8, 4) is 0 Å². The first-order chi connectivity index (χ1) is 10.7. The SMILES string of the molecule is O=C(C(Cl)=C(Cl)Cl)N1CCN(c2nccc(C(F)(F)F)n2)CC1. The molecule has 0 aliphatic carbocycles. The first kappa shape index (κ1) is 18.1. The van der Waals surface area contributed by atoms with E-state index in [4.69, 9.17) is 34.8 Å². The van der Waals surface area contributed by atoms with Crippen molar-refractivity contribution in [1.29, 1.82) is 0 Å². The third-order valence-corrected chi connectivity index (χ3v) is 4.06. The highest BCUT2D eigenvalue weighted by molar-refractivity contribution is 6.62. The first-order valence-electron chi connectivity index (χ1n) is 6.35. The van der Waals surface area contributed by atoms with E-state index in [2.05, 4.69) is 9.97 Å². The van der Waals surface area contributed by atoms with Gasteiger partial charge in [0.1, 0.15) is 15.2 Å². The Kier molecular flexibility index (Phi) is 5.59. The highest BCUT2D eigenvalue weighted by Gasteiger charge is 2.33. The lowest BCUT2D eigenvalue weighted by Gasteiger charge is -2.34. The van der Waals surface area contributed by atoms with Gasteiger partial charge in [-0.1, -0.05) is 34.8 Å². The number of hydrogen-bond donors (Lipinski definition) is 0. The van der Waals surface area contributed by atoms with Crippen molar-refractivity contribution in [3.05, 3.63) is 27.5 Å². The number of aromatic nitrogens is 2. The van der Waals surface area contributed by atoms with Crippen LogP contribution in [0.4, 0.5) is 19.1 Å². The maximum Gasteiger partial charge on any atom is 0.433 e. The molecule has 1 fully saturated rings. The van der Waals surface area contributed by atoms with Crippen LogP contribution in [0, 0.1) is 0 Å². The molecule has 1 amide bonds. The number of rotatable bonds is 2. The van der Waals surface area contributed by atoms with E-state index in [1.165, 1.54) is 4.90 Å². The summed E-state index contributed by atoms with van der Waals surface area (Å²) in [5, 5.41) is -0.294. The molecule has 0 atom stereocenters. The Morgan fingerprint density at radius 3 is 2.26 bits per heavy atom. The van der Waals surface area contributed by atoms with Crippen LogP contribution < -0.4 is 4.90 Å². The molecule has 126 valence electrons. The lowest BCUT2D eigenvalue weighted by atomic mass is 10.3. The Hall–Kier alpha value is -1.25. The maximum absolute atomic E-state index is 12.7. The van der Waals surface area contributed by atoms with Crippen molar-refractivity contribution >= 4 is 46.7 Å². The lowest BCUT2D eigenvalue weighted by Crippen LogP contribution is -2.49. The second-order valence-corrected chi connectivity index (χ2v) is 5.92. The minimum absolute atomic E-state index is 0.0380. The molecule has 0 unspecified atom stereocenters. The Labute approximate surface area is 144 Å². The van der Waals surface area contributed by atoms with Crippen LogP contribution >= 0.6 is 34.8 Å². The van der Waals surface area contributed by atoms with Crippen LogP contribution in [0.3, 0.4) is 0 Å². The Morgan fingerprint density at radius 2 is 1.74 bits per heavy atom. The zero-order chi connectivity index (χ0) is 17.2. The van der Waals surface area contributed by atoms with Crippen LogP contribution in [0.25, 0.3) is 0 Å². The van der Waals surface area contributed by atoms with Crippen LogP contribution in [-0.4, -0.2) is 47.0 Å². The number of hydrogen-bond acceptors (Lipinski definition) is 4. The normalized spacial score (nSPS) is 15.6. The molecule has 2 heterocycles. The maximum atomic E-state index is 12.7. The van der Waals surface area contributed by atoms with Crippen LogP contribution in [-0.2, 0) is 11.0 Å². The highest BCUT2D eigenvalue weighted by Crippen LogP contribution is 2.28. The second-order valence-electron chi connectivity index (χ2n) is 4.59. The van der Waals surface area contributed by atoms with Crippen LogP contribution in [0.2, 0.25) is 0 Å². The first-order valence-corrected chi connectivity index (χ1v) is 7.49. The zero-order valence-electron chi connectivity index (χ0n) is 11.4. The lowest BCUT2D eigenvalue weighted by molar-refractivity contribution is -0.141. The summed E-state index contributed by atoms with van der Waals surface area (Å²) in [4.78, 5) is 22.2. The molecule has 0 N–H and O–H groups in total. The molecule has 1 saturated heterocycles. The van der Waals surface area contributed by atoms with Crippen molar-refractivity contribution in [2.24, 2.45) is 0 Å². The van der Waals surface area contributed by atoms with Gasteiger partial charge in [0.2, 0.25) is 5.95 Å². The number of anilines is 1. The molecule has 1 aliphatic heterocycles. The van der Waals surface area contributed by atoms with E-state index >= 15 is 0 Å². The molecule has 1 aromatic rings. The van der Waals surface area contributed by atoms with Gasteiger partial charge in [-0.2, -0.15) is 13.2 Å². The molecule has 23 heavy (non-hydrogen) atoms. The molecule has 0 aromatic carbocycles. The minimum atomic E-state index is -4.54. The van der Waals surface area contributed by atoms with E-state index in [1.54, 1.807) is 4.90 Å². The average Bonchev–Trinajstić information content (AvgIpc) is 2.53.